The van der Waals surface area contributed by atoms with Crippen LogP contribution in [-0.2, 0) is 10.0 Å². The molecule has 1 aromatic carbocycles. The average Bonchev–Trinajstić information content (AvgIpc) is 3.09. The van der Waals surface area contributed by atoms with Crippen molar-refractivity contribution in [2.45, 2.75) is 17.4 Å². The van der Waals surface area contributed by atoms with Gasteiger partial charge < -0.3 is 5.32 Å². The van der Waals surface area contributed by atoms with Crippen molar-refractivity contribution in [3.05, 3.63) is 28.8 Å². The fraction of sp³-hybridized carbons (Fsp3) is 0.533. The van der Waals surface area contributed by atoms with Gasteiger partial charge in [-0.25, -0.2) is 8.42 Å². The van der Waals surface area contributed by atoms with Crippen LogP contribution in [-0.4, -0.2) is 62.9 Å². The van der Waals surface area contributed by atoms with Gasteiger partial charge >= 0.3 is 0 Å². The molecule has 2 fully saturated rings. The van der Waals surface area contributed by atoms with E-state index in [9.17, 15) is 8.42 Å². The molecule has 23 heavy (non-hydrogen) atoms. The Bertz CT molecular complexity index is 717. The lowest BCUT2D eigenvalue weighted by Crippen LogP contribution is -2.52. The van der Waals surface area contributed by atoms with Crippen molar-refractivity contribution in [1.82, 2.24) is 14.5 Å². The molecule has 0 bridgehead atoms. The third-order valence-corrected chi connectivity index (χ3v) is 6.73. The Morgan fingerprint density at radius 3 is 2.57 bits per heavy atom. The monoisotopic (exact) mass is 354 g/mol. The lowest BCUT2D eigenvalue weighted by atomic mass is 10.2. The van der Waals surface area contributed by atoms with Gasteiger partial charge in [0.2, 0.25) is 10.0 Å². The van der Waals surface area contributed by atoms with E-state index >= 15 is 0 Å². The molecule has 124 valence electrons. The maximum absolute atomic E-state index is 12.7. The summed E-state index contributed by atoms with van der Waals surface area (Å²) in [5.74, 6) is 0. The van der Waals surface area contributed by atoms with Crippen LogP contribution in [0, 0.1) is 11.3 Å². The fourth-order valence-corrected chi connectivity index (χ4v) is 4.89. The summed E-state index contributed by atoms with van der Waals surface area (Å²) in [6.45, 7) is 4.48. The summed E-state index contributed by atoms with van der Waals surface area (Å²) >= 11 is 5.96. The predicted molar refractivity (Wildman–Crippen MR) is 87.8 cm³/mol. The Morgan fingerprint density at radius 2 is 2.00 bits per heavy atom. The zero-order valence-electron chi connectivity index (χ0n) is 12.7. The summed E-state index contributed by atoms with van der Waals surface area (Å²) < 4.78 is 26.9. The minimum Gasteiger partial charge on any atom is -0.315 e. The van der Waals surface area contributed by atoms with E-state index in [-0.39, 0.29) is 15.5 Å². The fourth-order valence-electron chi connectivity index (χ4n) is 3.16. The summed E-state index contributed by atoms with van der Waals surface area (Å²) in [7, 11) is -3.56. The van der Waals surface area contributed by atoms with Crippen molar-refractivity contribution in [2.24, 2.45) is 0 Å². The van der Waals surface area contributed by atoms with Crippen molar-refractivity contribution >= 4 is 21.6 Å². The molecule has 0 aromatic heterocycles. The molecule has 2 saturated heterocycles. The SMILES string of the molecule is N#Cc1ccc(S(=O)(=O)N2CCN(C3CCNC3)CC2)cc1Cl. The van der Waals surface area contributed by atoms with Gasteiger partial charge in [0.25, 0.3) is 0 Å². The number of piperazine rings is 1. The molecule has 6 nitrogen and oxygen atoms in total. The first-order valence-electron chi connectivity index (χ1n) is 7.67. The number of hydrogen-bond donors (Lipinski definition) is 1. The third-order valence-electron chi connectivity index (χ3n) is 4.52. The van der Waals surface area contributed by atoms with Crippen molar-refractivity contribution in [3.63, 3.8) is 0 Å². The standard InChI is InChI=1S/C15H19ClN4O2S/c16-15-9-14(2-1-12(15)10-17)23(21,22)20-7-5-19(6-8-20)13-3-4-18-11-13/h1-2,9,13,18H,3-8,11H2. The highest BCUT2D eigenvalue weighted by Gasteiger charge is 2.32. The number of nitrogens with zero attached hydrogens (tertiary/aromatic N) is 3. The molecular weight excluding hydrogens is 336 g/mol. The van der Waals surface area contributed by atoms with Gasteiger partial charge in [-0.15, -0.1) is 0 Å². The van der Waals surface area contributed by atoms with Gasteiger partial charge in [0.1, 0.15) is 6.07 Å². The van der Waals surface area contributed by atoms with Crippen LogP contribution >= 0.6 is 11.6 Å². The van der Waals surface area contributed by atoms with Crippen LogP contribution in [0.2, 0.25) is 5.02 Å². The number of sulfonamides is 1. The van der Waals surface area contributed by atoms with Gasteiger partial charge in [-0.2, -0.15) is 9.57 Å². The van der Waals surface area contributed by atoms with Gasteiger partial charge in [-0.05, 0) is 31.2 Å². The minimum absolute atomic E-state index is 0.150. The van der Waals surface area contributed by atoms with Gasteiger partial charge in [-0.1, -0.05) is 11.6 Å². The predicted octanol–water partition coefficient (Wildman–Crippen LogP) is 0.880. The Hall–Kier alpha value is -1.17. The molecule has 0 radical (unpaired) electrons. The van der Waals surface area contributed by atoms with Gasteiger partial charge in [0, 0.05) is 38.8 Å². The highest BCUT2D eigenvalue weighted by molar-refractivity contribution is 7.89. The summed E-state index contributed by atoms with van der Waals surface area (Å²) in [4.78, 5) is 2.51. The zero-order valence-corrected chi connectivity index (χ0v) is 14.3. The summed E-state index contributed by atoms with van der Waals surface area (Å²) in [5, 5.41) is 12.4. The maximum atomic E-state index is 12.7. The van der Waals surface area contributed by atoms with E-state index in [0.717, 1.165) is 32.6 Å². The Kier molecular flexibility index (Phi) is 4.90. The third kappa shape index (κ3) is 3.37. The minimum atomic E-state index is -3.56. The van der Waals surface area contributed by atoms with Crippen LogP contribution in [0.25, 0.3) is 0 Å². The summed E-state index contributed by atoms with van der Waals surface area (Å²) in [5.41, 5.74) is 0.282. The second-order valence-corrected chi connectivity index (χ2v) is 8.19. The second-order valence-electron chi connectivity index (χ2n) is 5.84. The number of hydrogen-bond acceptors (Lipinski definition) is 5. The van der Waals surface area contributed by atoms with Crippen LogP contribution in [0.15, 0.2) is 23.1 Å². The molecular formula is C15H19ClN4O2S. The number of benzene rings is 1. The lowest BCUT2D eigenvalue weighted by molar-refractivity contribution is 0.145. The molecule has 0 saturated carbocycles. The van der Waals surface area contributed by atoms with Crippen molar-refractivity contribution < 1.29 is 8.42 Å². The van der Waals surface area contributed by atoms with Crippen LogP contribution in [0.5, 0.6) is 0 Å². The maximum Gasteiger partial charge on any atom is 0.243 e. The molecule has 2 aliphatic rings. The van der Waals surface area contributed by atoms with Crippen LogP contribution in [0.1, 0.15) is 12.0 Å². The quantitative estimate of drug-likeness (QED) is 0.872. The van der Waals surface area contributed by atoms with E-state index in [1.807, 2.05) is 6.07 Å². The Labute approximate surface area is 141 Å². The first-order valence-corrected chi connectivity index (χ1v) is 9.49. The summed E-state index contributed by atoms with van der Waals surface area (Å²) in [6.07, 6.45) is 1.12. The van der Waals surface area contributed by atoms with E-state index in [1.165, 1.54) is 22.5 Å². The van der Waals surface area contributed by atoms with Crippen LogP contribution < -0.4 is 5.32 Å². The molecule has 3 rings (SSSR count). The molecule has 0 spiro atoms. The lowest BCUT2D eigenvalue weighted by Gasteiger charge is -2.37. The van der Waals surface area contributed by atoms with E-state index in [2.05, 4.69) is 10.2 Å². The van der Waals surface area contributed by atoms with E-state index in [1.54, 1.807) is 0 Å². The highest BCUT2D eigenvalue weighted by Crippen LogP contribution is 2.24. The van der Waals surface area contributed by atoms with Gasteiger partial charge in [-0.3, -0.25) is 4.90 Å². The molecule has 2 heterocycles. The van der Waals surface area contributed by atoms with E-state index < -0.39 is 10.0 Å². The number of rotatable bonds is 3. The largest absolute Gasteiger partial charge is 0.315 e. The first kappa shape index (κ1) is 16.7. The molecule has 8 heteroatoms. The second kappa shape index (κ2) is 6.75. The van der Waals surface area contributed by atoms with Gasteiger partial charge in [0.15, 0.2) is 0 Å². The van der Waals surface area contributed by atoms with Crippen molar-refractivity contribution in [1.29, 1.82) is 5.26 Å². The molecule has 1 unspecified atom stereocenters. The number of nitriles is 1. The van der Waals surface area contributed by atoms with Crippen LogP contribution in [0.3, 0.4) is 0 Å². The molecule has 0 aliphatic carbocycles. The molecule has 1 N–H and O–H groups in total. The average molecular weight is 355 g/mol. The Morgan fingerprint density at radius 1 is 1.26 bits per heavy atom. The molecule has 1 aromatic rings. The topological polar surface area (TPSA) is 76.4 Å². The Balaban J connectivity index is 1.71. The molecule has 0 amide bonds. The van der Waals surface area contributed by atoms with E-state index in [4.69, 9.17) is 16.9 Å². The molecule has 1 atom stereocenters. The summed E-state index contributed by atoms with van der Waals surface area (Å²) in [6, 6.07) is 6.72. The number of nitrogens with one attached hydrogen (secondary N) is 1. The molecule has 2 aliphatic heterocycles. The smallest absolute Gasteiger partial charge is 0.243 e. The van der Waals surface area contributed by atoms with E-state index in [0.29, 0.717) is 19.1 Å². The number of halogens is 1. The van der Waals surface area contributed by atoms with Gasteiger partial charge in [0.05, 0.1) is 15.5 Å². The van der Waals surface area contributed by atoms with Crippen molar-refractivity contribution in [3.8, 4) is 6.07 Å². The normalized spacial score (nSPS) is 23.7. The van der Waals surface area contributed by atoms with Crippen molar-refractivity contribution in [2.75, 3.05) is 39.3 Å². The zero-order chi connectivity index (χ0) is 16.4. The highest BCUT2D eigenvalue weighted by atomic mass is 35.5. The van der Waals surface area contributed by atoms with Crippen LogP contribution in [0.4, 0.5) is 0 Å². The first-order chi connectivity index (χ1) is 11.0.